The number of rotatable bonds is 9. The number of aryl methyl sites for hydroxylation is 1. The molecule has 1 fully saturated rings. The van der Waals surface area contributed by atoms with Crippen molar-refractivity contribution in [3.8, 4) is 0 Å². The molecule has 4 rings (SSSR count). The molecule has 1 aliphatic heterocycles. The Bertz CT molecular complexity index is 1170. The van der Waals surface area contributed by atoms with E-state index < -0.39 is 12.0 Å². The van der Waals surface area contributed by atoms with E-state index in [0.29, 0.717) is 13.2 Å². The van der Waals surface area contributed by atoms with Crippen molar-refractivity contribution in [2.45, 2.75) is 25.9 Å². The summed E-state index contributed by atoms with van der Waals surface area (Å²) in [7, 11) is 0. The number of carboxylic acid groups (broad SMARTS) is 1. The van der Waals surface area contributed by atoms with Crippen LogP contribution in [-0.2, 0) is 27.3 Å². The fraction of sp³-hybridized carbons (Fsp3) is 0.276. The van der Waals surface area contributed by atoms with Gasteiger partial charge in [0.2, 0.25) is 5.91 Å². The molecule has 2 heterocycles. The van der Waals surface area contributed by atoms with Crippen LogP contribution in [0.2, 0.25) is 0 Å². The second kappa shape index (κ2) is 12.1. The molecule has 0 aliphatic carbocycles. The summed E-state index contributed by atoms with van der Waals surface area (Å²) in [6, 6.07) is 20.0. The number of anilines is 1. The minimum atomic E-state index is -1.05. The van der Waals surface area contributed by atoms with Gasteiger partial charge in [-0.25, -0.2) is 9.78 Å². The number of carbonyl (C=O) groups is 2. The monoisotopic (exact) mass is 485 g/mol. The van der Waals surface area contributed by atoms with Crippen molar-refractivity contribution < 1.29 is 19.4 Å². The Hall–Kier alpha value is -3.97. The van der Waals surface area contributed by atoms with Crippen LogP contribution in [-0.4, -0.2) is 59.2 Å². The predicted octanol–water partition coefficient (Wildman–Crippen LogP) is 3.96. The number of aliphatic carboxylic acids is 1. The van der Waals surface area contributed by atoms with E-state index in [4.69, 9.17) is 4.74 Å². The highest BCUT2D eigenvalue weighted by molar-refractivity contribution is 5.94. The average molecular weight is 486 g/mol. The van der Waals surface area contributed by atoms with Crippen LogP contribution in [0.1, 0.15) is 22.3 Å². The lowest BCUT2D eigenvalue weighted by molar-refractivity contribution is -0.148. The molecule has 1 aliphatic rings. The summed E-state index contributed by atoms with van der Waals surface area (Å²) in [4.78, 5) is 33.9. The van der Waals surface area contributed by atoms with Crippen molar-refractivity contribution in [3.63, 3.8) is 0 Å². The van der Waals surface area contributed by atoms with E-state index in [9.17, 15) is 14.7 Å². The average Bonchev–Trinajstić information content (AvgIpc) is 2.91. The molecule has 1 unspecified atom stereocenters. The van der Waals surface area contributed by atoms with Crippen LogP contribution in [0.4, 0.5) is 5.82 Å². The summed E-state index contributed by atoms with van der Waals surface area (Å²) in [6.07, 6.45) is 5.09. The van der Waals surface area contributed by atoms with Crippen LogP contribution < -0.4 is 4.90 Å². The summed E-state index contributed by atoms with van der Waals surface area (Å²) in [6.45, 7) is 5.02. The van der Waals surface area contributed by atoms with Gasteiger partial charge in [-0.05, 0) is 35.8 Å². The Morgan fingerprint density at radius 2 is 1.75 bits per heavy atom. The molecule has 186 valence electrons. The number of amides is 1. The van der Waals surface area contributed by atoms with Gasteiger partial charge in [0.15, 0.2) is 0 Å². The van der Waals surface area contributed by atoms with E-state index >= 15 is 0 Å². The van der Waals surface area contributed by atoms with Gasteiger partial charge in [0.25, 0.3) is 0 Å². The number of ether oxygens (including phenoxy) is 1. The van der Waals surface area contributed by atoms with Crippen LogP contribution in [0.15, 0.2) is 79.0 Å². The minimum Gasteiger partial charge on any atom is -0.480 e. The van der Waals surface area contributed by atoms with Gasteiger partial charge in [-0.1, -0.05) is 66.2 Å². The number of pyridine rings is 1. The van der Waals surface area contributed by atoms with Crippen molar-refractivity contribution in [3.05, 3.63) is 101 Å². The fourth-order valence-electron chi connectivity index (χ4n) is 4.14. The normalized spacial score (nSPS) is 14.5. The number of aromatic nitrogens is 1. The number of morpholine rings is 1. The molecule has 1 saturated heterocycles. The van der Waals surface area contributed by atoms with Gasteiger partial charge in [0.1, 0.15) is 11.9 Å². The minimum absolute atomic E-state index is 0.136. The Labute approximate surface area is 211 Å². The summed E-state index contributed by atoms with van der Waals surface area (Å²) < 4.78 is 5.41. The molecule has 0 bridgehead atoms. The van der Waals surface area contributed by atoms with E-state index in [1.165, 1.54) is 11.0 Å². The Kier molecular flexibility index (Phi) is 8.47. The first-order chi connectivity index (χ1) is 17.5. The fourth-order valence-corrected chi connectivity index (χ4v) is 4.14. The molecule has 0 spiro atoms. The summed E-state index contributed by atoms with van der Waals surface area (Å²) >= 11 is 0. The van der Waals surface area contributed by atoms with Gasteiger partial charge >= 0.3 is 5.97 Å². The van der Waals surface area contributed by atoms with Crippen molar-refractivity contribution in [1.82, 2.24) is 9.88 Å². The van der Waals surface area contributed by atoms with E-state index in [0.717, 1.165) is 41.2 Å². The molecule has 7 nitrogen and oxygen atoms in total. The lowest BCUT2D eigenvalue weighted by atomic mass is 10.0. The molecular formula is C29H31N3O4. The number of hydrogen-bond acceptors (Lipinski definition) is 5. The molecule has 7 heteroatoms. The summed E-state index contributed by atoms with van der Waals surface area (Å²) in [5.41, 5.74) is 3.62. The van der Waals surface area contributed by atoms with Gasteiger partial charge in [-0.15, -0.1) is 0 Å². The van der Waals surface area contributed by atoms with Gasteiger partial charge < -0.3 is 19.6 Å². The molecule has 0 saturated carbocycles. The number of carboxylic acids is 1. The third-order valence-electron chi connectivity index (χ3n) is 6.21. The SMILES string of the molecule is Cc1ccc(C=CC(=O)N(Cc2ccc(N3CCOCC3)nc2)C(Cc2ccccc2)C(=O)O)cc1. The highest BCUT2D eigenvalue weighted by atomic mass is 16.5. The van der Waals surface area contributed by atoms with Crippen molar-refractivity contribution >= 4 is 23.8 Å². The first-order valence-corrected chi connectivity index (χ1v) is 12.1. The van der Waals surface area contributed by atoms with E-state index in [2.05, 4.69) is 9.88 Å². The van der Waals surface area contributed by atoms with Crippen LogP contribution in [0, 0.1) is 6.92 Å². The van der Waals surface area contributed by atoms with E-state index in [1.54, 1.807) is 12.3 Å². The van der Waals surface area contributed by atoms with Gasteiger partial charge in [0, 0.05) is 38.3 Å². The molecule has 36 heavy (non-hydrogen) atoms. The maximum absolute atomic E-state index is 13.4. The number of hydrogen-bond donors (Lipinski definition) is 1. The molecular weight excluding hydrogens is 454 g/mol. The highest BCUT2D eigenvalue weighted by Crippen LogP contribution is 2.18. The number of benzene rings is 2. The predicted molar refractivity (Wildman–Crippen MR) is 140 cm³/mol. The van der Waals surface area contributed by atoms with Crippen LogP contribution in [0.3, 0.4) is 0 Å². The standard InChI is InChI=1S/C29H31N3O4/c1-22-7-9-23(10-8-22)12-14-28(33)32(26(29(34)35)19-24-5-3-2-4-6-24)21-25-11-13-27(30-20-25)31-15-17-36-18-16-31/h2-14,20,26H,15-19,21H2,1H3,(H,34,35). The maximum atomic E-state index is 13.4. The van der Waals surface area contributed by atoms with Crippen molar-refractivity contribution in [2.24, 2.45) is 0 Å². The Balaban J connectivity index is 1.57. The van der Waals surface area contributed by atoms with Gasteiger partial charge in [0.05, 0.1) is 13.2 Å². The smallest absolute Gasteiger partial charge is 0.326 e. The molecule has 1 atom stereocenters. The number of nitrogens with zero attached hydrogens (tertiary/aromatic N) is 3. The summed E-state index contributed by atoms with van der Waals surface area (Å²) in [5, 5.41) is 10.1. The maximum Gasteiger partial charge on any atom is 0.326 e. The summed E-state index contributed by atoms with van der Waals surface area (Å²) in [5.74, 6) is -0.566. The van der Waals surface area contributed by atoms with Crippen LogP contribution in [0.5, 0.6) is 0 Å². The van der Waals surface area contributed by atoms with Crippen LogP contribution >= 0.6 is 0 Å². The van der Waals surface area contributed by atoms with Gasteiger partial charge in [-0.3, -0.25) is 4.79 Å². The van der Waals surface area contributed by atoms with E-state index in [-0.39, 0.29) is 18.9 Å². The zero-order valence-electron chi connectivity index (χ0n) is 20.4. The zero-order chi connectivity index (χ0) is 25.3. The first-order valence-electron chi connectivity index (χ1n) is 12.1. The van der Waals surface area contributed by atoms with Crippen molar-refractivity contribution in [2.75, 3.05) is 31.2 Å². The molecule has 1 aromatic heterocycles. The van der Waals surface area contributed by atoms with E-state index in [1.807, 2.05) is 73.7 Å². The highest BCUT2D eigenvalue weighted by Gasteiger charge is 2.29. The first kappa shape index (κ1) is 25.1. The second-order valence-corrected chi connectivity index (χ2v) is 8.88. The second-order valence-electron chi connectivity index (χ2n) is 8.88. The third kappa shape index (κ3) is 6.79. The van der Waals surface area contributed by atoms with Crippen molar-refractivity contribution in [1.29, 1.82) is 0 Å². The largest absolute Gasteiger partial charge is 0.480 e. The number of carbonyl (C=O) groups excluding carboxylic acids is 1. The third-order valence-corrected chi connectivity index (χ3v) is 6.21. The van der Waals surface area contributed by atoms with Gasteiger partial charge in [-0.2, -0.15) is 0 Å². The molecule has 3 aromatic rings. The quantitative estimate of drug-likeness (QED) is 0.462. The Morgan fingerprint density at radius 3 is 2.39 bits per heavy atom. The van der Waals surface area contributed by atoms with Crippen LogP contribution in [0.25, 0.3) is 6.08 Å². The lowest BCUT2D eigenvalue weighted by Crippen LogP contribution is -2.45. The lowest BCUT2D eigenvalue weighted by Gasteiger charge is -2.29. The topological polar surface area (TPSA) is 83.0 Å². The zero-order valence-corrected chi connectivity index (χ0v) is 20.4. The molecule has 1 amide bonds. The molecule has 1 N–H and O–H groups in total. The Morgan fingerprint density at radius 1 is 1.03 bits per heavy atom. The molecule has 0 radical (unpaired) electrons. The molecule has 2 aromatic carbocycles.